The second kappa shape index (κ2) is 5.32. The van der Waals surface area contributed by atoms with Gasteiger partial charge in [0, 0.05) is 24.7 Å². The largest absolute Gasteiger partial charge is 0.388 e. The lowest BCUT2D eigenvalue weighted by Crippen LogP contribution is -2.20. The number of pyridine rings is 1. The first-order valence-electron chi connectivity index (χ1n) is 8.07. The van der Waals surface area contributed by atoms with Crippen molar-refractivity contribution in [1.82, 2.24) is 19.5 Å². The predicted molar refractivity (Wildman–Crippen MR) is 95.5 cm³/mol. The summed E-state index contributed by atoms with van der Waals surface area (Å²) in [6.45, 7) is 1.90. The van der Waals surface area contributed by atoms with Gasteiger partial charge in [0.2, 0.25) is 0 Å². The molecule has 0 amide bonds. The van der Waals surface area contributed by atoms with Crippen LogP contribution in [-0.4, -0.2) is 37.7 Å². The fraction of sp³-hybridized carbons (Fsp3) is 0.294. The Morgan fingerprint density at radius 1 is 1.38 bits per heavy atom. The number of hydrogen-bond acceptors (Lipinski definition) is 5. The van der Waals surface area contributed by atoms with E-state index in [2.05, 4.69) is 41.9 Å². The molecule has 0 radical (unpaired) electrons. The van der Waals surface area contributed by atoms with Crippen molar-refractivity contribution in [2.24, 2.45) is 0 Å². The smallest absolute Gasteiger partial charge is 0.139 e. The molecule has 4 aromatic rings. The highest BCUT2D eigenvalue weighted by Crippen LogP contribution is 2.34. The molecule has 0 spiro atoms. The SMILES string of the molecule is OCc1nc2cnc3[nH]ccc3c2n1C1CCN(c2cccs2)C1. The predicted octanol–water partition coefficient (Wildman–Crippen LogP) is 2.92. The highest BCUT2D eigenvalue weighted by atomic mass is 32.1. The average molecular weight is 339 g/mol. The fourth-order valence-corrected chi connectivity index (χ4v) is 4.52. The molecule has 1 aliphatic rings. The Kier molecular flexibility index (Phi) is 3.11. The molecule has 1 atom stereocenters. The van der Waals surface area contributed by atoms with E-state index in [9.17, 15) is 5.11 Å². The number of hydrogen-bond donors (Lipinski definition) is 2. The molecule has 122 valence electrons. The molecule has 0 saturated carbocycles. The molecule has 7 heteroatoms. The number of aliphatic hydroxyl groups is 1. The maximum absolute atomic E-state index is 9.83. The van der Waals surface area contributed by atoms with Crippen molar-refractivity contribution in [3.05, 3.63) is 41.8 Å². The van der Waals surface area contributed by atoms with Gasteiger partial charge in [0.1, 0.15) is 23.6 Å². The van der Waals surface area contributed by atoms with Crippen molar-refractivity contribution in [1.29, 1.82) is 0 Å². The molecular weight excluding hydrogens is 322 g/mol. The zero-order valence-corrected chi connectivity index (χ0v) is 13.8. The second-order valence-electron chi connectivity index (χ2n) is 6.13. The van der Waals surface area contributed by atoms with E-state index in [-0.39, 0.29) is 6.61 Å². The summed E-state index contributed by atoms with van der Waals surface area (Å²) in [4.78, 5) is 14.6. The Morgan fingerprint density at radius 2 is 2.33 bits per heavy atom. The van der Waals surface area contributed by atoms with Crippen LogP contribution in [0, 0.1) is 0 Å². The maximum atomic E-state index is 9.83. The standard InChI is InChI=1S/C17H17N5OS/c23-10-14-20-13-8-19-17-12(3-5-18-17)16(13)22(14)11-4-6-21(9-11)15-2-1-7-24-15/h1-3,5,7-8,11,23H,4,6,9-10H2,(H,18,19). The highest BCUT2D eigenvalue weighted by Gasteiger charge is 2.28. The van der Waals surface area contributed by atoms with Crippen molar-refractivity contribution >= 4 is 38.4 Å². The summed E-state index contributed by atoms with van der Waals surface area (Å²) in [5.41, 5.74) is 2.78. The summed E-state index contributed by atoms with van der Waals surface area (Å²) >= 11 is 1.77. The van der Waals surface area contributed by atoms with E-state index in [4.69, 9.17) is 0 Å². The van der Waals surface area contributed by atoms with Crippen LogP contribution in [-0.2, 0) is 6.61 Å². The minimum atomic E-state index is -0.0594. The van der Waals surface area contributed by atoms with Gasteiger partial charge >= 0.3 is 0 Å². The Bertz CT molecular complexity index is 1000. The van der Waals surface area contributed by atoms with Gasteiger partial charge in [0.05, 0.1) is 22.8 Å². The maximum Gasteiger partial charge on any atom is 0.139 e. The first-order valence-corrected chi connectivity index (χ1v) is 8.95. The topological polar surface area (TPSA) is 70.0 Å². The van der Waals surface area contributed by atoms with E-state index in [1.807, 2.05) is 12.3 Å². The molecule has 1 unspecified atom stereocenters. The number of aromatic amines is 1. The van der Waals surface area contributed by atoms with Crippen molar-refractivity contribution in [3.63, 3.8) is 0 Å². The third-order valence-electron chi connectivity index (χ3n) is 4.80. The average Bonchev–Trinajstić information content (AvgIpc) is 3.38. The molecule has 5 heterocycles. The number of aromatic nitrogens is 4. The Balaban J connectivity index is 1.64. The molecule has 6 nitrogen and oxygen atoms in total. The summed E-state index contributed by atoms with van der Waals surface area (Å²) in [6.07, 6.45) is 4.74. The number of fused-ring (bicyclic) bond motifs is 3. The number of aliphatic hydroxyl groups excluding tert-OH is 1. The van der Waals surface area contributed by atoms with Crippen LogP contribution in [0.1, 0.15) is 18.3 Å². The molecule has 24 heavy (non-hydrogen) atoms. The summed E-state index contributed by atoms with van der Waals surface area (Å²) in [6, 6.07) is 6.60. The molecule has 0 bridgehead atoms. The molecule has 1 saturated heterocycles. The first kappa shape index (κ1) is 14.0. The van der Waals surface area contributed by atoms with Gasteiger partial charge in [-0.25, -0.2) is 9.97 Å². The molecule has 1 aliphatic heterocycles. The minimum Gasteiger partial charge on any atom is -0.388 e. The first-order chi connectivity index (χ1) is 11.8. The number of imidazole rings is 1. The number of nitrogens with zero attached hydrogens (tertiary/aromatic N) is 4. The van der Waals surface area contributed by atoms with Crippen molar-refractivity contribution in [2.45, 2.75) is 19.1 Å². The molecule has 5 rings (SSSR count). The van der Waals surface area contributed by atoms with Crippen LogP contribution < -0.4 is 4.90 Å². The quantitative estimate of drug-likeness (QED) is 0.602. The van der Waals surface area contributed by atoms with Crippen LogP contribution in [0.2, 0.25) is 0 Å². The van der Waals surface area contributed by atoms with Crippen molar-refractivity contribution in [3.8, 4) is 0 Å². The monoisotopic (exact) mass is 339 g/mol. The number of nitrogens with one attached hydrogen (secondary N) is 1. The van der Waals surface area contributed by atoms with Gasteiger partial charge in [-0.15, -0.1) is 11.3 Å². The number of rotatable bonds is 3. The highest BCUT2D eigenvalue weighted by molar-refractivity contribution is 7.14. The summed E-state index contributed by atoms with van der Waals surface area (Å²) in [5.74, 6) is 0.721. The lowest BCUT2D eigenvalue weighted by molar-refractivity contribution is 0.262. The van der Waals surface area contributed by atoms with Gasteiger partial charge in [0.15, 0.2) is 0 Å². The minimum absolute atomic E-state index is 0.0594. The molecule has 4 aromatic heterocycles. The van der Waals surface area contributed by atoms with E-state index in [1.165, 1.54) is 5.00 Å². The third kappa shape index (κ3) is 1.98. The zero-order valence-electron chi connectivity index (χ0n) is 13.0. The van der Waals surface area contributed by atoms with Gasteiger partial charge < -0.3 is 19.6 Å². The molecule has 0 aliphatic carbocycles. The van der Waals surface area contributed by atoms with E-state index in [0.717, 1.165) is 47.4 Å². The van der Waals surface area contributed by atoms with Crippen LogP contribution in [0.5, 0.6) is 0 Å². The summed E-state index contributed by atoms with van der Waals surface area (Å²) < 4.78 is 2.22. The zero-order chi connectivity index (χ0) is 16.1. The molecular formula is C17H17N5OS. The molecule has 1 fully saturated rings. The van der Waals surface area contributed by atoms with Crippen LogP contribution in [0.3, 0.4) is 0 Å². The lowest BCUT2D eigenvalue weighted by Gasteiger charge is -2.19. The molecule has 0 aromatic carbocycles. The lowest BCUT2D eigenvalue weighted by atomic mass is 10.2. The van der Waals surface area contributed by atoms with Crippen LogP contribution in [0.15, 0.2) is 36.0 Å². The van der Waals surface area contributed by atoms with E-state index >= 15 is 0 Å². The Hall–Kier alpha value is -2.38. The second-order valence-corrected chi connectivity index (χ2v) is 7.05. The van der Waals surface area contributed by atoms with E-state index in [1.54, 1.807) is 17.5 Å². The fourth-order valence-electron chi connectivity index (χ4n) is 3.75. The van der Waals surface area contributed by atoms with E-state index in [0.29, 0.717) is 6.04 Å². The number of H-pyrrole nitrogens is 1. The summed E-state index contributed by atoms with van der Waals surface area (Å²) in [5, 5.41) is 14.3. The van der Waals surface area contributed by atoms with E-state index < -0.39 is 0 Å². The number of thiophene rings is 1. The van der Waals surface area contributed by atoms with Crippen molar-refractivity contribution < 1.29 is 5.11 Å². The Labute approximate surface area is 142 Å². The Morgan fingerprint density at radius 3 is 3.17 bits per heavy atom. The van der Waals surface area contributed by atoms with Gasteiger partial charge in [-0.05, 0) is 30.0 Å². The van der Waals surface area contributed by atoms with Gasteiger partial charge in [-0.1, -0.05) is 0 Å². The summed E-state index contributed by atoms with van der Waals surface area (Å²) in [7, 11) is 0. The third-order valence-corrected chi connectivity index (χ3v) is 5.72. The number of anilines is 1. The molecule has 2 N–H and O–H groups in total. The van der Waals surface area contributed by atoms with Crippen molar-refractivity contribution in [2.75, 3.05) is 18.0 Å². The van der Waals surface area contributed by atoms with Gasteiger partial charge in [-0.3, -0.25) is 0 Å². The van der Waals surface area contributed by atoms with Crippen LogP contribution >= 0.6 is 11.3 Å². The van der Waals surface area contributed by atoms with Gasteiger partial charge in [-0.2, -0.15) is 0 Å². The van der Waals surface area contributed by atoms with Gasteiger partial charge in [0.25, 0.3) is 0 Å². The van der Waals surface area contributed by atoms with Crippen LogP contribution in [0.25, 0.3) is 22.1 Å². The van der Waals surface area contributed by atoms with Crippen LogP contribution in [0.4, 0.5) is 5.00 Å². The normalized spacial score (nSPS) is 18.2.